The van der Waals surface area contributed by atoms with Gasteiger partial charge in [-0.3, -0.25) is 9.69 Å². The summed E-state index contributed by atoms with van der Waals surface area (Å²) in [7, 11) is 0. The highest BCUT2D eigenvalue weighted by Gasteiger charge is 2.32. The molecule has 4 nitrogen and oxygen atoms in total. The lowest BCUT2D eigenvalue weighted by atomic mass is 9.94. The summed E-state index contributed by atoms with van der Waals surface area (Å²) in [4.78, 5) is 16.6. The molecule has 2 aliphatic rings. The van der Waals surface area contributed by atoms with Crippen molar-refractivity contribution < 1.29 is 4.79 Å². The minimum absolute atomic E-state index is 0.236. The Morgan fingerprint density at radius 1 is 1.12 bits per heavy atom. The van der Waals surface area contributed by atoms with E-state index in [9.17, 15) is 4.79 Å². The molecule has 2 heterocycles. The zero-order chi connectivity index (χ0) is 11.8. The van der Waals surface area contributed by atoms with E-state index in [0.717, 1.165) is 39.3 Å². The Kier molecular flexibility index (Phi) is 3.22. The summed E-state index contributed by atoms with van der Waals surface area (Å²) in [5.74, 6) is 0.291. The lowest BCUT2D eigenvalue weighted by Crippen LogP contribution is -2.62. The SMILES string of the molecule is CC(C)(C)C(=O)N1CCN(C2CNC2)CC1. The van der Waals surface area contributed by atoms with Gasteiger partial charge in [0.2, 0.25) is 5.91 Å². The molecule has 0 atom stereocenters. The fraction of sp³-hybridized carbons (Fsp3) is 0.917. The monoisotopic (exact) mass is 225 g/mol. The molecule has 0 aromatic rings. The van der Waals surface area contributed by atoms with Crippen molar-refractivity contribution in [2.45, 2.75) is 26.8 Å². The number of carbonyl (C=O) groups is 1. The van der Waals surface area contributed by atoms with Crippen LogP contribution in [0, 0.1) is 5.41 Å². The molecular formula is C12H23N3O. The predicted molar refractivity (Wildman–Crippen MR) is 64.3 cm³/mol. The quantitative estimate of drug-likeness (QED) is 0.690. The third kappa shape index (κ3) is 2.38. The number of piperazine rings is 1. The van der Waals surface area contributed by atoms with Crippen molar-refractivity contribution in [2.24, 2.45) is 5.41 Å². The van der Waals surface area contributed by atoms with Gasteiger partial charge < -0.3 is 10.2 Å². The Balaban J connectivity index is 1.82. The van der Waals surface area contributed by atoms with Crippen LogP contribution in [0.1, 0.15) is 20.8 Å². The van der Waals surface area contributed by atoms with Gasteiger partial charge in [-0.15, -0.1) is 0 Å². The lowest BCUT2D eigenvalue weighted by Gasteiger charge is -2.44. The van der Waals surface area contributed by atoms with Crippen LogP contribution in [0.25, 0.3) is 0 Å². The average Bonchev–Trinajstić information content (AvgIpc) is 2.14. The third-order valence-corrected chi connectivity index (χ3v) is 3.52. The second-order valence-electron chi connectivity index (χ2n) is 5.89. The Bertz CT molecular complexity index is 260. The van der Waals surface area contributed by atoms with Gasteiger partial charge in [0.1, 0.15) is 0 Å². The number of amides is 1. The van der Waals surface area contributed by atoms with Crippen molar-refractivity contribution in [1.82, 2.24) is 15.1 Å². The number of carbonyl (C=O) groups excluding carboxylic acids is 1. The first-order chi connectivity index (χ1) is 7.48. The van der Waals surface area contributed by atoms with Crippen LogP contribution in [0.4, 0.5) is 0 Å². The Morgan fingerprint density at radius 2 is 1.69 bits per heavy atom. The molecule has 4 heteroatoms. The molecule has 2 aliphatic heterocycles. The van der Waals surface area contributed by atoms with E-state index in [1.807, 2.05) is 25.7 Å². The van der Waals surface area contributed by atoms with E-state index in [1.165, 1.54) is 0 Å². The Hall–Kier alpha value is -0.610. The van der Waals surface area contributed by atoms with Crippen LogP contribution in [0.15, 0.2) is 0 Å². The van der Waals surface area contributed by atoms with E-state index < -0.39 is 0 Å². The zero-order valence-corrected chi connectivity index (χ0v) is 10.6. The van der Waals surface area contributed by atoms with E-state index in [2.05, 4.69) is 10.2 Å². The molecule has 92 valence electrons. The molecule has 1 N–H and O–H groups in total. The maximum absolute atomic E-state index is 12.1. The molecule has 1 amide bonds. The van der Waals surface area contributed by atoms with Gasteiger partial charge in [-0.1, -0.05) is 20.8 Å². The van der Waals surface area contributed by atoms with E-state index >= 15 is 0 Å². The highest BCUT2D eigenvalue weighted by molar-refractivity contribution is 5.81. The maximum atomic E-state index is 12.1. The Labute approximate surface area is 98.0 Å². The fourth-order valence-electron chi connectivity index (χ4n) is 2.30. The molecule has 0 aromatic carbocycles. The Morgan fingerprint density at radius 3 is 2.06 bits per heavy atom. The molecule has 0 unspecified atom stereocenters. The molecule has 16 heavy (non-hydrogen) atoms. The van der Waals surface area contributed by atoms with Gasteiger partial charge in [0, 0.05) is 50.7 Å². The first kappa shape index (κ1) is 11.9. The average molecular weight is 225 g/mol. The van der Waals surface area contributed by atoms with Crippen LogP contribution >= 0.6 is 0 Å². The van der Waals surface area contributed by atoms with Crippen molar-refractivity contribution >= 4 is 5.91 Å². The summed E-state index contributed by atoms with van der Waals surface area (Å²) >= 11 is 0. The number of hydrogen-bond donors (Lipinski definition) is 1. The standard InChI is InChI=1S/C12H23N3O/c1-12(2,3)11(16)15-6-4-14(5-7-15)10-8-13-9-10/h10,13H,4-9H2,1-3H3. The molecular weight excluding hydrogens is 202 g/mol. The molecule has 0 spiro atoms. The highest BCUT2D eigenvalue weighted by Crippen LogP contribution is 2.19. The number of nitrogens with one attached hydrogen (secondary N) is 1. The van der Waals surface area contributed by atoms with E-state index in [-0.39, 0.29) is 5.41 Å². The number of rotatable bonds is 1. The van der Waals surface area contributed by atoms with E-state index in [0.29, 0.717) is 11.9 Å². The first-order valence-electron chi connectivity index (χ1n) is 6.22. The number of hydrogen-bond acceptors (Lipinski definition) is 3. The molecule has 2 saturated heterocycles. The molecule has 0 aliphatic carbocycles. The minimum Gasteiger partial charge on any atom is -0.340 e. The molecule has 0 saturated carbocycles. The molecule has 0 radical (unpaired) electrons. The van der Waals surface area contributed by atoms with Gasteiger partial charge in [-0.25, -0.2) is 0 Å². The lowest BCUT2D eigenvalue weighted by molar-refractivity contribution is -0.141. The largest absolute Gasteiger partial charge is 0.340 e. The van der Waals surface area contributed by atoms with Gasteiger partial charge >= 0.3 is 0 Å². The second-order valence-corrected chi connectivity index (χ2v) is 5.89. The third-order valence-electron chi connectivity index (χ3n) is 3.52. The topological polar surface area (TPSA) is 35.6 Å². The van der Waals surface area contributed by atoms with Crippen LogP contribution in [0.5, 0.6) is 0 Å². The van der Waals surface area contributed by atoms with Crippen LogP contribution in [-0.2, 0) is 4.79 Å². The summed E-state index contributed by atoms with van der Waals surface area (Å²) in [5.41, 5.74) is -0.236. The number of nitrogens with zero attached hydrogens (tertiary/aromatic N) is 2. The molecule has 0 aromatic heterocycles. The van der Waals surface area contributed by atoms with Gasteiger partial charge in [0.15, 0.2) is 0 Å². The highest BCUT2D eigenvalue weighted by atomic mass is 16.2. The summed E-state index contributed by atoms with van der Waals surface area (Å²) < 4.78 is 0. The van der Waals surface area contributed by atoms with Crippen molar-refractivity contribution in [3.05, 3.63) is 0 Å². The van der Waals surface area contributed by atoms with Gasteiger partial charge in [0.25, 0.3) is 0 Å². The zero-order valence-electron chi connectivity index (χ0n) is 10.6. The van der Waals surface area contributed by atoms with Crippen molar-refractivity contribution in [3.8, 4) is 0 Å². The van der Waals surface area contributed by atoms with Gasteiger partial charge in [-0.2, -0.15) is 0 Å². The summed E-state index contributed by atoms with van der Waals surface area (Å²) in [6.07, 6.45) is 0. The van der Waals surface area contributed by atoms with Crippen LogP contribution in [0.2, 0.25) is 0 Å². The van der Waals surface area contributed by atoms with E-state index in [1.54, 1.807) is 0 Å². The van der Waals surface area contributed by atoms with Gasteiger partial charge in [-0.05, 0) is 0 Å². The molecule has 0 bridgehead atoms. The summed E-state index contributed by atoms with van der Waals surface area (Å²) in [5, 5.41) is 3.29. The van der Waals surface area contributed by atoms with Crippen LogP contribution in [0.3, 0.4) is 0 Å². The fourth-order valence-corrected chi connectivity index (χ4v) is 2.30. The normalized spacial score (nSPS) is 24.3. The summed E-state index contributed by atoms with van der Waals surface area (Å²) in [6.45, 7) is 12.1. The van der Waals surface area contributed by atoms with Crippen LogP contribution < -0.4 is 5.32 Å². The molecule has 2 fully saturated rings. The van der Waals surface area contributed by atoms with E-state index in [4.69, 9.17) is 0 Å². The van der Waals surface area contributed by atoms with Gasteiger partial charge in [0.05, 0.1) is 0 Å². The van der Waals surface area contributed by atoms with Crippen molar-refractivity contribution in [3.63, 3.8) is 0 Å². The van der Waals surface area contributed by atoms with Crippen molar-refractivity contribution in [2.75, 3.05) is 39.3 Å². The minimum atomic E-state index is -0.236. The summed E-state index contributed by atoms with van der Waals surface area (Å²) in [6, 6.07) is 0.715. The van der Waals surface area contributed by atoms with Crippen LogP contribution in [-0.4, -0.2) is 61.0 Å². The first-order valence-corrected chi connectivity index (χ1v) is 6.22. The smallest absolute Gasteiger partial charge is 0.228 e. The second kappa shape index (κ2) is 4.34. The maximum Gasteiger partial charge on any atom is 0.228 e. The predicted octanol–water partition coefficient (Wildman–Crippen LogP) is 0.149. The van der Waals surface area contributed by atoms with Crippen molar-refractivity contribution in [1.29, 1.82) is 0 Å². The molecule has 2 rings (SSSR count).